The van der Waals surface area contributed by atoms with E-state index in [0.717, 1.165) is 23.5 Å². The molecule has 9 atom stereocenters. The maximum atomic E-state index is 15.8. The Bertz CT molecular complexity index is 1900. The standard InChI is InChI=1S/C20H23FN11O10PS/c21-10-14-8(40-20(10)31-6-28-11-16(22)25-4-27-18(11)31)2-30-44(36,37)42-15-9(3-38-43(34,35)41-14)39-13(12(15)33)7-1-24-19-17(23)26-5-29-32(7)19/h1,4-6,8-10,12-15,20,30,33H,2-3H2,(H,34,35)(H2,22,25,27)(H2,23,26,29)/p-1/t8-,9-,10-,12+,13+,14-,15-,20-/m1/s1. The molecule has 0 bridgehead atoms. The maximum absolute atomic E-state index is 15.8. The fourth-order valence-electron chi connectivity index (χ4n) is 5.26. The molecule has 4 aromatic rings. The molecule has 0 spiro atoms. The van der Waals surface area contributed by atoms with Crippen LogP contribution < -0.4 is 21.1 Å². The van der Waals surface area contributed by atoms with Gasteiger partial charge in [0.05, 0.1) is 24.8 Å². The third kappa shape index (κ3) is 4.95. The number of anilines is 2. The van der Waals surface area contributed by atoms with Crippen molar-refractivity contribution < 1.29 is 50.1 Å². The lowest BCUT2D eigenvalue weighted by molar-refractivity contribution is -0.235. The average molecular weight is 659 g/mol. The summed E-state index contributed by atoms with van der Waals surface area (Å²) in [5.74, 6) is 0.0177. The molecule has 0 saturated carbocycles. The van der Waals surface area contributed by atoms with Gasteiger partial charge >= 0.3 is 10.3 Å². The topological polar surface area (TPSA) is 291 Å². The summed E-state index contributed by atoms with van der Waals surface area (Å²) in [5, 5.41) is 15.1. The summed E-state index contributed by atoms with van der Waals surface area (Å²) in [7, 11) is -10.0. The number of fused-ring (bicyclic) bond motifs is 4. The number of alkyl halides is 1. The monoisotopic (exact) mass is 658 g/mol. The molecule has 3 saturated heterocycles. The van der Waals surface area contributed by atoms with E-state index in [4.69, 9.17) is 34.2 Å². The Kier molecular flexibility index (Phi) is 7.00. The van der Waals surface area contributed by atoms with E-state index in [1.54, 1.807) is 0 Å². The van der Waals surface area contributed by atoms with Crippen LogP contribution in [0.4, 0.5) is 16.0 Å². The molecular weight excluding hydrogens is 636 g/mol. The van der Waals surface area contributed by atoms with E-state index in [0.29, 0.717) is 0 Å². The van der Waals surface area contributed by atoms with E-state index in [-0.39, 0.29) is 34.1 Å². The quantitative estimate of drug-likeness (QED) is 0.159. The smallest absolute Gasteiger partial charge is 0.336 e. The number of aromatic nitrogens is 8. The van der Waals surface area contributed by atoms with Crippen molar-refractivity contribution >= 4 is 46.6 Å². The zero-order valence-corrected chi connectivity index (χ0v) is 23.6. The number of nitrogens with two attached hydrogens (primary N) is 2. The second-order valence-electron chi connectivity index (χ2n) is 9.92. The molecule has 3 aliphatic rings. The maximum Gasteiger partial charge on any atom is 0.336 e. The largest absolute Gasteiger partial charge is 0.756 e. The van der Waals surface area contributed by atoms with Crippen LogP contribution >= 0.6 is 7.82 Å². The van der Waals surface area contributed by atoms with Crippen molar-refractivity contribution in [2.75, 3.05) is 24.6 Å². The summed E-state index contributed by atoms with van der Waals surface area (Å²) >= 11 is 0. The van der Waals surface area contributed by atoms with Crippen molar-refractivity contribution in [1.82, 2.24) is 43.8 Å². The van der Waals surface area contributed by atoms with Crippen LogP contribution in [-0.2, 0) is 37.6 Å². The van der Waals surface area contributed by atoms with Crippen molar-refractivity contribution in [1.29, 1.82) is 0 Å². The van der Waals surface area contributed by atoms with Crippen LogP contribution in [0.15, 0.2) is 25.2 Å². The van der Waals surface area contributed by atoms with Gasteiger partial charge in [0.15, 0.2) is 35.3 Å². The summed E-state index contributed by atoms with van der Waals surface area (Å²) in [6.45, 7) is -1.60. The van der Waals surface area contributed by atoms with Crippen LogP contribution in [0.25, 0.3) is 16.8 Å². The fraction of sp³-hybridized carbons (Fsp3) is 0.500. The summed E-state index contributed by atoms with van der Waals surface area (Å²) in [6.07, 6.45) is -8.72. The van der Waals surface area contributed by atoms with Crippen LogP contribution in [0.3, 0.4) is 0 Å². The highest BCUT2D eigenvalue weighted by atomic mass is 32.2. The minimum absolute atomic E-state index is 0.00304. The Morgan fingerprint density at radius 2 is 1.86 bits per heavy atom. The second-order valence-corrected chi connectivity index (χ2v) is 12.7. The van der Waals surface area contributed by atoms with Crippen LogP contribution in [-0.4, -0.2) is 102 Å². The van der Waals surface area contributed by atoms with Gasteiger partial charge in [0.1, 0.15) is 54.8 Å². The SMILES string of the molecule is Nc1ncnc2c1ncn2[C@@H]1O[C@@H]2CNS(=O)(=O)O[C@H]3[C@@H](O)[C@H](c4cnc5c(N)ncnn45)O[C@@H]3COP(=O)([O-])O[C@H]2[C@H]1F. The Morgan fingerprint density at radius 1 is 1.07 bits per heavy atom. The number of ether oxygens (including phenoxy) is 2. The van der Waals surface area contributed by atoms with E-state index in [9.17, 15) is 23.0 Å². The molecule has 0 radical (unpaired) electrons. The number of nitrogen functional groups attached to an aromatic ring is 2. The number of nitrogens with one attached hydrogen (secondary N) is 1. The van der Waals surface area contributed by atoms with Crippen molar-refractivity contribution in [3.63, 3.8) is 0 Å². The van der Waals surface area contributed by atoms with Gasteiger partial charge in [-0.1, -0.05) is 0 Å². The van der Waals surface area contributed by atoms with E-state index < -0.39 is 80.3 Å². The lowest BCUT2D eigenvalue weighted by Gasteiger charge is -2.31. The molecular formula is C20H22FN11O10PS-. The Morgan fingerprint density at radius 3 is 2.68 bits per heavy atom. The predicted octanol–water partition coefficient (Wildman–Crippen LogP) is -2.73. The van der Waals surface area contributed by atoms with E-state index >= 15 is 4.39 Å². The lowest BCUT2D eigenvalue weighted by atomic mass is 10.1. The van der Waals surface area contributed by atoms with Crippen LogP contribution in [0.2, 0.25) is 0 Å². The van der Waals surface area contributed by atoms with Crippen molar-refractivity contribution in [3.05, 3.63) is 30.9 Å². The molecule has 0 aromatic carbocycles. The van der Waals surface area contributed by atoms with Gasteiger partial charge in [0, 0.05) is 6.54 Å². The first-order valence-electron chi connectivity index (χ1n) is 12.7. The lowest BCUT2D eigenvalue weighted by Crippen LogP contribution is -2.46. The number of hydrogen-bond donors (Lipinski definition) is 4. The Balaban J connectivity index is 1.17. The number of phosphoric acid groups is 1. The minimum atomic E-state index is -5.32. The molecule has 0 aliphatic carbocycles. The van der Waals surface area contributed by atoms with E-state index in [2.05, 4.69) is 34.7 Å². The highest BCUT2D eigenvalue weighted by Gasteiger charge is 2.52. The molecule has 3 aliphatic heterocycles. The summed E-state index contributed by atoms with van der Waals surface area (Å²) < 4.78 is 85.9. The van der Waals surface area contributed by atoms with E-state index in [1.165, 1.54) is 10.7 Å². The van der Waals surface area contributed by atoms with Crippen molar-refractivity contribution in [2.45, 2.75) is 49.0 Å². The molecule has 3 fully saturated rings. The molecule has 24 heteroatoms. The van der Waals surface area contributed by atoms with Crippen molar-refractivity contribution in [3.8, 4) is 0 Å². The average Bonchev–Trinajstić information content (AvgIpc) is 3.73. The summed E-state index contributed by atoms with van der Waals surface area (Å²) in [5.41, 5.74) is 12.0. The van der Waals surface area contributed by atoms with E-state index in [1.807, 2.05) is 0 Å². The zero-order valence-electron chi connectivity index (χ0n) is 21.9. The normalized spacial score (nSPS) is 36.1. The van der Waals surface area contributed by atoms with Crippen LogP contribution in [0, 0.1) is 0 Å². The number of aliphatic hydroxyl groups excluding tert-OH is 1. The summed E-state index contributed by atoms with van der Waals surface area (Å²) in [4.78, 5) is 32.7. The first kappa shape index (κ1) is 29.2. The van der Waals surface area contributed by atoms with Gasteiger partial charge in [-0.3, -0.25) is 9.13 Å². The Labute approximate surface area is 245 Å². The summed E-state index contributed by atoms with van der Waals surface area (Å²) in [6, 6.07) is 0. The zero-order chi connectivity index (χ0) is 31.0. The fourth-order valence-corrected chi connectivity index (χ4v) is 7.16. The van der Waals surface area contributed by atoms with Crippen molar-refractivity contribution in [2.24, 2.45) is 0 Å². The third-order valence-corrected chi connectivity index (χ3v) is 9.22. The number of rotatable bonds is 2. The molecule has 7 heterocycles. The third-order valence-electron chi connectivity index (χ3n) is 7.26. The number of phosphoric ester groups is 1. The van der Waals surface area contributed by atoms with Gasteiger partial charge in [-0.15, -0.1) is 0 Å². The predicted molar refractivity (Wildman–Crippen MR) is 138 cm³/mol. The number of hydrogen-bond acceptors (Lipinski definition) is 18. The first-order valence-corrected chi connectivity index (χ1v) is 15.6. The van der Waals surface area contributed by atoms with Gasteiger partial charge in [0.2, 0.25) is 0 Å². The van der Waals surface area contributed by atoms with Gasteiger partial charge in [-0.25, -0.2) is 38.0 Å². The molecule has 236 valence electrons. The first-order chi connectivity index (χ1) is 20.9. The molecule has 0 amide bonds. The molecule has 44 heavy (non-hydrogen) atoms. The molecule has 7 rings (SSSR count). The van der Waals surface area contributed by atoms with Gasteiger partial charge in [-0.2, -0.15) is 18.2 Å². The Hall–Kier alpha value is -3.51. The van der Waals surface area contributed by atoms with Gasteiger partial charge in [-0.05, 0) is 0 Å². The highest BCUT2D eigenvalue weighted by molar-refractivity contribution is 7.84. The number of halogens is 1. The van der Waals surface area contributed by atoms with Gasteiger partial charge in [0.25, 0.3) is 7.82 Å². The number of imidazole rings is 2. The van der Waals surface area contributed by atoms with Crippen LogP contribution in [0.5, 0.6) is 0 Å². The van der Waals surface area contributed by atoms with Crippen LogP contribution in [0.1, 0.15) is 18.0 Å². The number of aliphatic hydroxyl groups is 1. The molecule has 6 N–H and O–H groups in total. The minimum Gasteiger partial charge on any atom is -0.756 e. The molecule has 21 nitrogen and oxygen atoms in total. The highest BCUT2D eigenvalue weighted by Crippen LogP contribution is 2.48. The van der Waals surface area contributed by atoms with Gasteiger partial charge < -0.3 is 40.0 Å². The molecule has 4 aromatic heterocycles. The molecule has 1 unspecified atom stereocenters. The second kappa shape index (κ2) is 10.5. The number of nitrogens with zero attached hydrogens (tertiary/aromatic N) is 8.